The van der Waals surface area contributed by atoms with Gasteiger partial charge in [0.25, 0.3) is 0 Å². The van der Waals surface area contributed by atoms with Crippen LogP contribution in [-0.2, 0) is 17.6 Å². The first-order valence-electron chi connectivity index (χ1n) is 4.63. The molecule has 1 unspecified atom stereocenters. The van der Waals surface area contributed by atoms with E-state index in [1.807, 2.05) is 6.07 Å². The lowest BCUT2D eigenvalue weighted by atomic mass is 10.1. The van der Waals surface area contributed by atoms with Gasteiger partial charge in [-0.05, 0) is 24.8 Å². The molecule has 0 N–H and O–H groups in total. The lowest BCUT2D eigenvalue weighted by molar-refractivity contribution is 0.596. The van der Waals surface area contributed by atoms with Crippen molar-refractivity contribution in [2.24, 2.45) is 0 Å². The van der Waals surface area contributed by atoms with Crippen molar-refractivity contribution in [2.45, 2.75) is 19.3 Å². The van der Waals surface area contributed by atoms with Crippen LogP contribution in [-0.4, -0.2) is 16.6 Å². The lowest BCUT2D eigenvalue weighted by Crippen LogP contribution is -2.03. The van der Waals surface area contributed by atoms with E-state index in [4.69, 9.17) is 0 Å². The van der Waals surface area contributed by atoms with Crippen LogP contribution < -0.4 is 0 Å². The van der Waals surface area contributed by atoms with Crippen LogP contribution in [0.15, 0.2) is 30.3 Å². The molecule has 0 spiro atoms. The van der Waals surface area contributed by atoms with Crippen molar-refractivity contribution in [3.63, 3.8) is 0 Å². The molecule has 72 valence electrons. The van der Waals surface area contributed by atoms with E-state index in [1.54, 1.807) is 6.26 Å². The first-order chi connectivity index (χ1) is 6.29. The highest BCUT2D eigenvalue weighted by Crippen LogP contribution is 2.05. The summed E-state index contributed by atoms with van der Waals surface area (Å²) in [5, 5.41) is 0. The van der Waals surface area contributed by atoms with Gasteiger partial charge in [0.2, 0.25) is 0 Å². The Labute approximate surface area is 83.4 Å². The number of rotatable bonds is 5. The van der Waals surface area contributed by atoms with Crippen LogP contribution in [0.4, 0.5) is 0 Å². The summed E-state index contributed by atoms with van der Waals surface area (Å²) in [6, 6.07) is 10.4. The van der Waals surface area contributed by atoms with Gasteiger partial charge in [0.15, 0.2) is 0 Å². The minimum absolute atomic E-state index is 0.623. The van der Waals surface area contributed by atoms with Crippen LogP contribution in [0.3, 0.4) is 0 Å². The van der Waals surface area contributed by atoms with Gasteiger partial charge in [0, 0.05) is 0 Å². The average molecular weight is 196 g/mol. The largest absolute Gasteiger partial charge is 0.617 e. The predicted octanol–water partition coefficient (Wildman–Crippen LogP) is 2.39. The zero-order valence-electron chi connectivity index (χ0n) is 8.03. The maximum Gasteiger partial charge on any atom is 0.105 e. The number of aryl methyl sites for hydroxylation is 1. The molecule has 1 rings (SSSR count). The molecule has 0 aromatic heterocycles. The van der Waals surface area contributed by atoms with Gasteiger partial charge in [-0.1, -0.05) is 41.5 Å². The summed E-state index contributed by atoms with van der Waals surface area (Å²) in [7, 11) is 0. The molecule has 0 aliphatic carbocycles. The summed E-state index contributed by atoms with van der Waals surface area (Å²) >= 11 is -0.623. The van der Waals surface area contributed by atoms with Gasteiger partial charge in [-0.15, -0.1) is 0 Å². The molecule has 0 saturated heterocycles. The van der Waals surface area contributed by atoms with Crippen molar-refractivity contribution in [3.05, 3.63) is 35.9 Å². The molecule has 1 aromatic carbocycles. The fourth-order valence-electron chi connectivity index (χ4n) is 1.28. The highest BCUT2D eigenvalue weighted by molar-refractivity contribution is 7.90. The van der Waals surface area contributed by atoms with Crippen LogP contribution in [0.2, 0.25) is 0 Å². The Morgan fingerprint density at radius 2 is 1.85 bits per heavy atom. The summed E-state index contributed by atoms with van der Waals surface area (Å²) in [6.45, 7) is 0. The molecule has 0 saturated carbocycles. The summed E-state index contributed by atoms with van der Waals surface area (Å²) in [4.78, 5) is 0. The highest BCUT2D eigenvalue weighted by Gasteiger charge is 1.97. The van der Waals surface area contributed by atoms with E-state index in [9.17, 15) is 4.55 Å². The molecular formula is C11H16OS. The normalized spacial score (nSPS) is 12.8. The number of benzene rings is 1. The van der Waals surface area contributed by atoms with Crippen molar-refractivity contribution < 1.29 is 4.55 Å². The fraction of sp³-hybridized carbons (Fsp3) is 0.455. The van der Waals surface area contributed by atoms with E-state index < -0.39 is 11.2 Å². The summed E-state index contributed by atoms with van der Waals surface area (Å²) in [6.07, 6.45) is 5.09. The topological polar surface area (TPSA) is 23.1 Å². The van der Waals surface area contributed by atoms with E-state index in [1.165, 1.54) is 5.56 Å². The van der Waals surface area contributed by atoms with Gasteiger partial charge in [-0.2, -0.15) is 0 Å². The SMILES string of the molecule is C[S+]([O-])CCCCc1ccccc1. The second-order valence-electron chi connectivity index (χ2n) is 3.22. The summed E-state index contributed by atoms with van der Waals surface area (Å²) < 4.78 is 10.8. The summed E-state index contributed by atoms with van der Waals surface area (Å²) in [5.74, 6) is 0.840. The Morgan fingerprint density at radius 1 is 1.15 bits per heavy atom. The van der Waals surface area contributed by atoms with Gasteiger partial charge >= 0.3 is 0 Å². The van der Waals surface area contributed by atoms with Crippen molar-refractivity contribution in [2.75, 3.05) is 12.0 Å². The average Bonchev–Trinajstić information content (AvgIpc) is 2.14. The molecule has 0 radical (unpaired) electrons. The monoisotopic (exact) mass is 196 g/mol. The van der Waals surface area contributed by atoms with Gasteiger partial charge in [-0.25, -0.2) is 0 Å². The van der Waals surface area contributed by atoms with Crippen molar-refractivity contribution in [3.8, 4) is 0 Å². The molecular weight excluding hydrogens is 180 g/mol. The minimum Gasteiger partial charge on any atom is -0.617 e. The van der Waals surface area contributed by atoms with Gasteiger partial charge in [-0.3, -0.25) is 0 Å². The van der Waals surface area contributed by atoms with E-state index in [2.05, 4.69) is 24.3 Å². The molecule has 0 amide bonds. The molecule has 0 fully saturated rings. The van der Waals surface area contributed by atoms with Crippen LogP contribution >= 0.6 is 0 Å². The third kappa shape index (κ3) is 4.96. The van der Waals surface area contributed by atoms with Crippen LogP contribution in [0, 0.1) is 0 Å². The van der Waals surface area contributed by atoms with Crippen LogP contribution in [0.1, 0.15) is 18.4 Å². The number of hydrogen-bond donors (Lipinski definition) is 0. The molecule has 0 heterocycles. The third-order valence-corrected chi connectivity index (χ3v) is 2.85. The van der Waals surface area contributed by atoms with Crippen molar-refractivity contribution >= 4 is 11.2 Å². The standard InChI is InChI=1S/C11H16OS/c1-13(12)10-6-5-9-11-7-3-2-4-8-11/h2-4,7-8H,5-6,9-10H2,1H3. The molecule has 0 aliphatic rings. The molecule has 1 aromatic rings. The molecule has 1 nitrogen and oxygen atoms in total. The van der Waals surface area contributed by atoms with E-state index in [-0.39, 0.29) is 0 Å². The Hall–Kier alpha value is -0.470. The van der Waals surface area contributed by atoms with E-state index in [0.717, 1.165) is 25.0 Å². The fourth-order valence-corrected chi connectivity index (χ4v) is 1.89. The van der Waals surface area contributed by atoms with Gasteiger partial charge < -0.3 is 4.55 Å². The molecule has 0 bridgehead atoms. The van der Waals surface area contributed by atoms with Crippen molar-refractivity contribution in [1.82, 2.24) is 0 Å². The van der Waals surface area contributed by atoms with Crippen LogP contribution in [0.5, 0.6) is 0 Å². The second-order valence-corrected chi connectivity index (χ2v) is 4.77. The Kier molecular flexibility index (Phi) is 4.94. The van der Waals surface area contributed by atoms with Gasteiger partial charge in [0.05, 0.1) is 6.26 Å². The first kappa shape index (κ1) is 10.6. The number of unbranched alkanes of at least 4 members (excludes halogenated alkanes) is 1. The zero-order valence-corrected chi connectivity index (χ0v) is 8.85. The van der Waals surface area contributed by atoms with E-state index >= 15 is 0 Å². The molecule has 1 atom stereocenters. The van der Waals surface area contributed by atoms with E-state index in [0.29, 0.717) is 0 Å². The summed E-state index contributed by atoms with van der Waals surface area (Å²) in [5.41, 5.74) is 1.38. The second kappa shape index (κ2) is 6.06. The number of hydrogen-bond acceptors (Lipinski definition) is 1. The highest BCUT2D eigenvalue weighted by atomic mass is 32.2. The smallest absolute Gasteiger partial charge is 0.105 e. The Balaban J connectivity index is 2.13. The Morgan fingerprint density at radius 3 is 2.46 bits per heavy atom. The maximum atomic E-state index is 10.8. The van der Waals surface area contributed by atoms with Crippen molar-refractivity contribution in [1.29, 1.82) is 0 Å². The first-order valence-corrected chi connectivity index (χ1v) is 6.36. The molecule has 2 heteroatoms. The molecule has 0 aliphatic heterocycles. The Bertz CT molecular complexity index is 221. The van der Waals surface area contributed by atoms with Gasteiger partial charge in [0.1, 0.15) is 5.75 Å². The predicted molar refractivity (Wildman–Crippen MR) is 58.3 cm³/mol. The third-order valence-electron chi connectivity index (χ3n) is 1.99. The molecule has 13 heavy (non-hydrogen) atoms. The van der Waals surface area contributed by atoms with Crippen LogP contribution in [0.25, 0.3) is 0 Å². The maximum absolute atomic E-state index is 10.8. The minimum atomic E-state index is -0.623. The quantitative estimate of drug-likeness (QED) is 0.524. The zero-order chi connectivity index (χ0) is 9.52. The lowest BCUT2D eigenvalue weighted by Gasteiger charge is -2.04.